The molecule has 0 aliphatic carbocycles. The summed E-state index contributed by atoms with van der Waals surface area (Å²) in [6.45, 7) is 6.80. The third kappa shape index (κ3) is 6.12. The lowest BCUT2D eigenvalue weighted by atomic mass is 10.0. The Balaban J connectivity index is 1.62. The molecule has 0 saturated carbocycles. The summed E-state index contributed by atoms with van der Waals surface area (Å²) in [5.74, 6) is -0.913. The molecule has 0 unspecified atom stereocenters. The number of fused-ring (bicyclic) bond motifs is 1. The van der Waals surface area contributed by atoms with Crippen molar-refractivity contribution in [2.75, 3.05) is 5.32 Å². The normalized spacial score (nSPS) is 12.8. The lowest BCUT2D eigenvalue weighted by Crippen LogP contribution is -2.23. The van der Waals surface area contributed by atoms with Crippen molar-refractivity contribution in [2.45, 2.75) is 58.0 Å². The van der Waals surface area contributed by atoms with Crippen LogP contribution in [0.2, 0.25) is 0 Å². The minimum Gasteiger partial charge on any atom is -0.444 e. The minimum absolute atomic E-state index is 0.000104. The zero-order valence-corrected chi connectivity index (χ0v) is 20.5. The number of amides is 1. The number of halogens is 3. The van der Waals surface area contributed by atoms with E-state index in [1.54, 1.807) is 30.8 Å². The van der Waals surface area contributed by atoms with Crippen LogP contribution < -0.4 is 5.32 Å². The number of aliphatic hydroxyl groups is 2. The number of carbonyl (C=O) groups is 1. The second kappa shape index (κ2) is 9.23. The highest BCUT2D eigenvalue weighted by molar-refractivity contribution is 6.04. The molecule has 0 saturated heterocycles. The maximum Gasteiger partial charge on any atom is 0.433 e. The second-order valence-electron chi connectivity index (χ2n) is 9.73. The van der Waals surface area contributed by atoms with Gasteiger partial charge in [0.15, 0.2) is 11.3 Å². The van der Waals surface area contributed by atoms with Crippen molar-refractivity contribution in [3.8, 4) is 11.5 Å². The first-order valence-corrected chi connectivity index (χ1v) is 11.2. The van der Waals surface area contributed by atoms with Crippen molar-refractivity contribution in [3.63, 3.8) is 0 Å². The van der Waals surface area contributed by atoms with Crippen LogP contribution in [0.1, 0.15) is 56.0 Å². The second-order valence-corrected chi connectivity index (χ2v) is 9.73. The Hall–Kier alpha value is -3.84. The van der Waals surface area contributed by atoms with E-state index in [1.165, 1.54) is 19.9 Å². The minimum atomic E-state index is -4.65. The van der Waals surface area contributed by atoms with E-state index in [4.69, 9.17) is 4.42 Å². The fourth-order valence-corrected chi connectivity index (χ4v) is 3.49. The van der Waals surface area contributed by atoms with E-state index in [2.05, 4.69) is 25.4 Å². The maximum absolute atomic E-state index is 13.0. The van der Waals surface area contributed by atoms with Crippen molar-refractivity contribution < 1.29 is 32.6 Å². The van der Waals surface area contributed by atoms with Crippen LogP contribution in [-0.4, -0.2) is 46.5 Å². The zero-order chi connectivity index (χ0) is 27.2. The molecule has 0 bridgehead atoms. The standard InChI is InChI=1S/C24H25F3N6O4/c1-22(2,35)6-8-33-11-14-9-15(18(23(3,4)36)31-19(14)32-33)29-20(34)16-12-37-21(30-16)13-5-7-28-17(10-13)24(25,26)27/h5,7,9-12,35-36H,6,8H2,1-4H3,(H,29,34). The third-order valence-corrected chi connectivity index (χ3v) is 5.36. The average Bonchev–Trinajstić information content (AvgIpc) is 3.42. The van der Waals surface area contributed by atoms with Crippen molar-refractivity contribution in [2.24, 2.45) is 0 Å². The largest absolute Gasteiger partial charge is 0.444 e. The number of aryl methyl sites for hydroxylation is 1. The number of carbonyl (C=O) groups excluding carboxylic acids is 1. The first-order valence-electron chi connectivity index (χ1n) is 11.2. The van der Waals surface area contributed by atoms with E-state index in [1.807, 2.05) is 0 Å². The van der Waals surface area contributed by atoms with Crippen LogP contribution in [0.25, 0.3) is 22.5 Å². The number of oxazole rings is 1. The van der Waals surface area contributed by atoms with Gasteiger partial charge in [0.05, 0.1) is 17.0 Å². The van der Waals surface area contributed by atoms with Crippen LogP contribution in [0, 0.1) is 0 Å². The number of pyridine rings is 2. The van der Waals surface area contributed by atoms with Gasteiger partial charge >= 0.3 is 6.18 Å². The summed E-state index contributed by atoms with van der Waals surface area (Å²) in [6.07, 6.45) is -0.514. The number of nitrogens with one attached hydrogen (secondary N) is 1. The summed E-state index contributed by atoms with van der Waals surface area (Å²) >= 11 is 0. The molecule has 13 heteroatoms. The number of anilines is 1. The molecule has 4 aromatic rings. The molecular formula is C24H25F3N6O4. The summed E-state index contributed by atoms with van der Waals surface area (Å²) in [5, 5.41) is 28.2. The number of hydrogen-bond donors (Lipinski definition) is 3. The molecule has 37 heavy (non-hydrogen) atoms. The molecule has 0 aliphatic rings. The van der Waals surface area contributed by atoms with Crippen LogP contribution in [0.15, 0.2) is 41.3 Å². The molecular weight excluding hydrogens is 493 g/mol. The molecule has 196 valence electrons. The molecule has 3 N–H and O–H groups in total. The molecule has 4 heterocycles. The van der Waals surface area contributed by atoms with E-state index in [9.17, 15) is 28.2 Å². The number of aromatic nitrogens is 5. The van der Waals surface area contributed by atoms with Gasteiger partial charge in [-0.15, -0.1) is 0 Å². The summed E-state index contributed by atoms with van der Waals surface area (Å²) < 4.78 is 45.8. The molecule has 4 aromatic heterocycles. The van der Waals surface area contributed by atoms with Crippen LogP contribution in [-0.2, 0) is 18.3 Å². The first-order chi connectivity index (χ1) is 17.1. The topological polar surface area (TPSA) is 139 Å². The summed E-state index contributed by atoms with van der Waals surface area (Å²) in [5.41, 5.74) is -2.96. The SMILES string of the molecule is CC(C)(O)CCn1cc2cc(NC(=O)c3coc(-c4ccnc(C(F)(F)F)c4)n3)c(C(C)(C)O)nc2n1. The molecule has 10 nitrogen and oxygen atoms in total. The van der Waals surface area contributed by atoms with Gasteiger partial charge in [-0.25, -0.2) is 9.97 Å². The van der Waals surface area contributed by atoms with E-state index in [0.29, 0.717) is 24.0 Å². The van der Waals surface area contributed by atoms with Crippen LogP contribution in [0.3, 0.4) is 0 Å². The van der Waals surface area contributed by atoms with Gasteiger partial charge in [0.2, 0.25) is 5.89 Å². The fourth-order valence-electron chi connectivity index (χ4n) is 3.49. The molecule has 0 aliphatic heterocycles. The molecule has 0 atom stereocenters. The molecule has 0 aromatic carbocycles. The van der Waals surface area contributed by atoms with Crippen LogP contribution in [0.5, 0.6) is 0 Å². The molecule has 4 rings (SSSR count). The Kier molecular flexibility index (Phi) is 6.54. The predicted molar refractivity (Wildman–Crippen MR) is 126 cm³/mol. The van der Waals surface area contributed by atoms with E-state index in [-0.39, 0.29) is 28.5 Å². The summed E-state index contributed by atoms with van der Waals surface area (Å²) in [4.78, 5) is 24.7. The molecule has 0 radical (unpaired) electrons. The van der Waals surface area contributed by atoms with Crippen molar-refractivity contribution in [1.82, 2.24) is 24.7 Å². The van der Waals surface area contributed by atoms with Gasteiger partial charge in [-0.2, -0.15) is 18.3 Å². The van der Waals surface area contributed by atoms with Crippen molar-refractivity contribution >= 4 is 22.6 Å². The lowest BCUT2D eigenvalue weighted by molar-refractivity contribution is -0.141. The van der Waals surface area contributed by atoms with E-state index >= 15 is 0 Å². The summed E-state index contributed by atoms with van der Waals surface area (Å²) in [7, 11) is 0. The first kappa shape index (κ1) is 26.2. The number of alkyl halides is 3. The van der Waals surface area contributed by atoms with Crippen LogP contribution >= 0.6 is 0 Å². The maximum atomic E-state index is 13.0. The highest BCUT2D eigenvalue weighted by Crippen LogP contribution is 2.31. The molecule has 1 amide bonds. The lowest BCUT2D eigenvalue weighted by Gasteiger charge is -2.20. The number of rotatable bonds is 7. The van der Waals surface area contributed by atoms with Crippen molar-refractivity contribution in [1.29, 1.82) is 0 Å². The average molecular weight is 518 g/mol. The van der Waals surface area contributed by atoms with Gasteiger partial charge < -0.3 is 19.9 Å². The van der Waals surface area contributed by atoms with Crippen molar-refractivity contribution in [3.05, 3.63) is 53.9 Å². The highest BCUT2D eigenvalue weighted by atomic mass is 19.4. The van der Waals surface area contributed by atoms with Gasteiger partial charge in [0, 0.05) is 29.9 Å². The Labute approximate surface area is 209 Å². The van der Waals surface area contributed by atoms with Gasteiger partial charge in [0.1, 0.15) is 17.6 Å². The predicted octanol–water partition coefficient (Wildman–Crippen LogP) is 4.14. The third-order valence-electron chi connectivity index (χ3n) is 5.36. The molecule has 0 spiro atoms. The number of hydrogen-bond acceptors (Lipinski definition) is 8. The quantitative estimate of drug-likeness (QED) is 0.332. The highest BCUT2D eigenvalue weighted by Gasteiger charge is 2.33. The Morgan fingerprint density at radius 3 is 2.51 bits per heavy atom. The Morgan fingerprint density at radius 2 is 1.86 bits per heavy atom. The summed E-state index contributed by atoms with van der Waals surface area (Å²) in [6, 6.07) is 3.65. The molecule has 0 fully saturated rings. The van der Waals surface area contributed by atoms with Gasteiger partial charge in [-0.05, 0) is 52.3 Å². The van der Waals surface area contributed by atoms with Gasteiger partial charge in [-0.1, -0.05) is 0 Å². The Bertz CT molecular complexity index is 1450. The van der Waals surface area contributed by atoms with E-state index in [0.717, 1.165) is 18.5 Å². The zero-order valence-electron chi connectivity index (χ0n) is 20.5. The number of nitrogens with zero attached hydrogens (tertiary/aromatic N) is 5. The van der Waals surface area contributed by atoms with Gasteiger partial charge in [0.25, 0.3) is 5.91 Å². The van der Waals surface area contributed by atoms with Gasteiger partial charge in [-0.3, -0.25) is 14.5 Å². The monoisotopic (exact) mass is 518 g/mol. The smallest absolute Gasteiger partial charge is 0.433 e. The van der Waals surface area contributed by atoms with Crippen LogP contribution in [0.4, 0.5) is 18.9 Å². The fraction of sp³-hybridized carbons (Fsp3) is 0.375. The van der Waals surface area contributed by atoms with E-state index < -0.39 is 29.0 Å². The Morgan fingerprint density at radius 1 is 1.14 bits per heavy atom.